The topological polar surface area (TPSA) is 91.6 Å². The number of anilines is 1. The van der Waals surface area contributed by atoms with Crippen LogP contribution in [0, 0.1) is 11.3 Å². The molecule has 0 fully saturated rings. The van der Waals surface area contributed by atoms with Gasteiger partial charge in [0.15, 0.2) is 0 Å². The summed E-state index contributed by atoms with van der Waals surface area (Å²) in [5.41, 5.74) is 0.793. The number of rotatable bonds is 2. The number of benzene rings is 1. The lowest BCUT2D eigenvalue weighted by Crippen LogP contribution is -2.14. The smallest absolute Gasteiger partial charge is 0.258 e. The van der Waals surface area contributed by atoms with Crippen molar-refractivity contribution in [3.05, 3.63) is 47.8 Å². The van der Waals surface area contributed by atoms with E-state index in [1.165, 1.54) is 18.5 Å². The van der Waals surface area contributed by atoms with Crippen molar-refractivity contribution < 1.29 is 4.79 Å². The summed E-state index contributed by atoms with van der Waals surface area (Å²) in [6.45, 7) is 0. The van der Waals surface area contributed by atoms with E-state index in [1.807, 2.05) is 6.07 Å². The second-order valence-corrected chi connectivity index (χ2v) is 3.11. The van der Waals surface area contributed by atoms with Gasteiger partial charge in [-0.15, -0.1) is 5.10 Å². The minimum absolute atomic E-state index is 0.125. The third-order valence-electron chi connectivity index (χ3n) is 1.96. The van der Waals surface area contributed by atoms with Crippen LogP contribution in [-0.2, 0) is 0 Å². The molecule has 6 nitrogen and oxygen atoms in total. The third-order valence-corrected chi connectivity index (χ3v) is 1.96. The maximum Gasteiger partial charge on any atom is 0.258 e. The molecule has 0 unspecified atom stereocenters. The summed E-state index contributed by atoms with van der Waals surface area (Å²) in [5.74, 6) is -0.255. The molecule has 6 heteroatoms. The number of carbonyl (C=O) groups is 1. The highest BCUT2D eigenvalue weighted by Crippen LogP contribution is 2.06. The van der Waals surface area contributed by atoms with Crippen LogP contribution in [0.4, 0.5) is 5.95 Å². The van der Waals surface area contributed by atoms with Crippen LogP contribution in [-0.4, -0.2) is 21.1 Å². The molecule has 2 rings (SSSR count). The monoisotopic (exact) mass is 225 g/mol. The van der Waals surface area contributed by atoms with Crippen molar-refractivity contribution in [1.82, 2.24) is 15.2 Å². The molecule has 0 radical (unpaired) electrons. The van der Waals surface area contributed by atoms with Crippen molar-refractivity contribution in [2.24, 2.45) is 0 Å². The summed E-state index contributed by atoms with van der Waals surface area (Å²) in [7, 11) is 0. The van der Waals surface area contributed by atoms with Gasteiger partial charge >= 0.3 is 0 Å². The van der Waals surface area contributed by atoms with Crippen molar-refractivity contribution in [1.29, 1.82) is 5.26 Å². The van der Waals surface area contributed by atoms with E-state index in [-0.39, 0.29) is 11.9 Å². The zero-order valence-corrected chi connectivity index (χ0v) is 8.66. The fraction of sp³-hybridized carbons (Fsp3) is 0. The molecule has 0 saturated carbocycles. The van der Waals surface area contributed by atoms with Gasteiger partial charge in [-0.1, -0.05) is 6.07 Å². The molecule has 0 aliphatic rings. The van der Waals surface area contributed by atoms with Gasteiger partial charge in [0, 0.05) is 5.56 Å². The van der Waals surface area contributed by atoms with Gasteiger partial charge in [-0.25, -0.2) is 4.98 Å². The molecule has 1 amide bonds. The minimum Gasteiger partial charge on any atom is -0.289 e. The Kier molecular flexibility index (Phi) is 3.03. The van der Waals surface area contributed by atoms with Gasteiger partial charge in [0.05, 0.1) is 24.0 Å². The van der Waals surface area contributed by atoms with E-state index >= 15 is 0 Å². The van der Waals surface area contributed by atoms with Crippen LogP contribution in [0.25, 0.3) is 0 Å². The number of nitriles is 1. The van der Waals surface area contributed by atoms with Gasteiger partial charge in [-0.05, 0) is 18.2 Å². The largest absolute Gasteiger partial charge is 0.289 e. The number of nitrogens with one attached hydrogen (secondary N) is 1. The summed E-state index contributed by atoms with van der Waals surface area (Å²) in [6.07, 6.45) is 2.83. The van der Waals surface area contributed by atoms with Crippen molar-refractivity contribution in [2.75, 3.05) is 5.32 Å². The quantitative estimate of drug-likeness (QED) is 0.822. The number of nitrogens with zero attached hydrogens (tertiary/aromatic N) is 4. The highest BCUT2D eigenvalue weighted by Gasteiger charge is 2.07. The number of hydrogen-bond donors (Lipinski definition) is 1. The molecular weight excluding hydrogens is 218 g/mol. The van der Waals surface area contributed by atoms with Gasteiger partial charge in [0.25, 0.3) is 5.91 Å². The number of hydrogen-bond acceptors (Lipinski definition) is 5. The van der Waals surface area contributed by atoms with Gasteiger partial charge in [-0.3, -0.25) is 10.1 Å². The molecule has 0 bridgehead atoms. The van der Waals surface area contributed by atoms with Crippen LogP contribution in [0.1, 0.15) is 15.9 Å². The van der Waals surface area contributed by atoms with E-state index < -0.39 is 0 Å². The average molecular weight is 225 g/mol. The van der Waals surface area contributed by atoms with E-state index in [2.05, 4.69) is 20.5 Å². The summed E-state index contributed by atoms with van der Waals surface area (Å²) < 4.78 is 0. The molecule has 17 heavy (non-hydrogen) atoms. The lowest BCUT2D eigenvalue weighted by atomic mass is 10.1. The Morgan fingerprint density at radius 2 is 2.24 bits per heavy atom. The van der Waals surface area contributed by atoms with Crippen molar-refractivity contribution in [2.45, 2.75) is 0 Å². The SMILES string of the molecule is N#Cc1cccc(C(=O)Nc2nccnn2)c1. The van der Waals surface area contributed by atoms with Crippen LogP contribution >= 0.6 is 0 Å². The number of aromatic nitrogens is 3. The Labute approximate surface area is 96.9 Å². The van der Waals surface area contributed by atoms with Crippen molar-refractivity contribution in [3.8, 4) is 6.07 Å². The lowest BCUT2D eigenvalue weighted by Gasteiger charge is -2.02. The Bertz CT molecular complexity index is 576. The summed E-state index contributed by atoms with van der Waals surface area (Å²) in [5, 5.41) is 18.4. The Morgan fingerprint density at radius 1 is 1.35 bits per heavy atom. The van der Waals surface area contributed by atoms with Crippen LogP contribution < -0.4 is 5.32 Å². The Balaban J connectivity index is 2.18. The van der Waals surface area contributed by atoms with E-state index in [0.717, 1.165) is 0 Å². The molecule has 1 aromatic heterocycles. The molecule has 0 aliphatic carbocycles. The molecule has 2 aromatic rings. The Morgan fingerprint density at radius 3 is 2.94 bits per heavy atom. The molecular formula is C11H7N5O. The summed E-state index contributed by atoms with van der Waals surface area (Å²) in [4.78, 5) is 15.6. The van der Waals surface area contributed by atoms with Gasteiger partial charge < -0.3 is 0 Å². The molecule has 0 saturated heterocycles. The molecule has 82 valence electrons. The molecule has 1 N–H and O–H groups in total. The lowest BCUT2D eigenvalue weighted by molar-refractivity contribution is 0.102. The van der Waals surface area contributed by atoms with Gasteiger partial charge in [0.1, 0.15) is 0 Å². The zero-order valence-electron chi connectivity index (χ0n) is 8.66. The first-order valence-corrected chi connectivity index (χ1v) is 4.75. The predicted octanol–water partition coefficient (Wildman–Crippen LogP) is 0.996. The van der Waals surface area contributed by atoms with E-state index in [1.54, 1.807) is 18.2 Å². The second kappa shape index (κ2) is 4.81. The maximum absolute atomic E-state index is 11.8. The number of carbonyl (C=O) groups excluding carboxylic acids is 1. The van der Waals surface area contributed by atoms with E-state index in [4.69, 9.17) is 5.26 Å². The first-order valence-electron chi connectivity index (χ1n) is 4.75. The first kappa shape index (κ1) is 10.7. The van der Waals surface area contributed by atoms with Gasteiger partial charge in [0.2, 0.25) is 5.95 Å². The predicted molar refractivity (Wildman–Crippen MR) is 58.9 cm³/mol. The normalized spacial score (nSPS) is 9.35. The molecule has 1 aromatic carbocycles. The standard InChI is InChI=1S/C11H7N5O/c12-7-8-2-1-3-9(6-8)10(17)15-11-13-4-5-14-16-11/h1-6H,(H,13,15,16,17). The van der Waals surface area contributed by atoms with E-state index in [0.29, 0.717) is 11.1 Å². The second-order valence-electron chi connectivity index (χ2n) is 3.11. The molecule has 0 spiro atoms. The zero-order chi connectivity index (χ0) is 12.1. The summed E-state index contributed by atoms with van der Waals surface area (Å²) >= 11 is 0. The number of amides is 1. The Hall–Kier alpha value is -2.81. The highest BCUT2D eigenvalue weighted by atomic mass is 16.1. The van der Waals surface area contributed by atoms with Crippen LogP contribution in [0.3, 0.4) is 0 Å². The fourth-order valence-corrected chi connectivity index (χ4v) is 1.21. The summed E-state index contributed by atoms with van der Waals surface area (Å²) in [6, 6.07) is 8.32. The van der Waals surface area contributed by atoms with Crippen molar-refractivity contribution in [3.63, 3.8) is 0 Å². The van der Waals surface area contributed by atoms with Gasteiger partial charge in [-0.2, -0.15) is 10.4 Å². The van der Waals surface area contributed by atoms with Crippen LogP contribution in [0.2, 0.25) is 0 Å². The maximum atomic E-state index is 11.8. The van der Waals surface area contributed by atoms with E-state index in [9.17, 15) is 4.79 Å². The fourth-order valence-electron chi connectivity index (χ4n) is 1.21. The molecule has 0 aliphatic heterocycles. The van der Waals surface area contributed by atoms with Crippen LogP contribution in [0.5, 0.6) is 0 Å². The van der Waals surface area contributed by atoms with Crippen molar-refractivity contribution >= 4 is 11.9 Å². The molecule has 1 heterocycles. The highest BCUT2D eigenvalue weighted by molar-refractivity contribution is 6.03. The third kappa shape index (κ3) is 2.60. The average Bonchev–Trinajstić information content (AvgIpc) is 2.40. The minimum atomic E-state index is -0.380. The molecule has 0 atom stereocenters. The first-order chi connectivity index (χ1) is 8.29. The van der Waals surface area contributed by atoms with Crippen LogP contribution in [0.15, 0.2) is 36.7 Å².